The van der Waals surface area contributed by atoms with Crippen LogP contribution in [0.4, 0.5) is 5.69 Å². The number of aryl methyl sites for hydroxylation is 1. The molecule has 7 heteroatoms. The Morgan fingerprint density at radius 1 is 1.07 bits per heavy atom. The summed E-state index contributed by atoms with van der Waals surface area (Å²) in [4.78, 5) is 14.6. The first kappa shape index (κ1) is 20.7. The van der Waals surface area contributed by atoms with Crippen LogP contribution in [-0.4, -0.2) is 45.6 Å². The van der Waals surface area contributed by atoms with Gasteiger partial charge in [-0.2, -0.15) is 0 Å². The van der Waals surface area contributed by atoms with Gasteiger partial charge < -0.3 is 14.4 Å². The molecule has 1 aliphatic carbocycles. The molecule has 1 heterocycles. The van der Waals surface area contributed by atoms with Crippen LogP contribution in [0.3, 0.4) is 0 Å². The Labute approximate surface area is 177 Å². The second-order valence-corrected chi connectivity index (χ2v) is 10.4. The average Bonchev–Trinajstić information content (AvgIpc) is 3.48. The summed E-state index contributed by atoms with van der Waals surface area (Å²) in [5.41, 5.74) is 2.99. The Morgan fingerprint density at radius 2 is 1.80 bits per heavy atom. The van der Waals surface area contributed by atoms with Crippen molar-refractivity contribution >= 4 is 21.4 Å². The van der Waals surface area contributed by atoms with Crippen LogP contribution in [0.1, 0.15) is 36.3 Å². The molecule has 0 N–H and O–H groups in total. The average molecular weight is 430 g/mol. The molecular formula is C23H27NO5S. The van der Waals surface area contributed by atoms with Crippen molar-refractivity contribution in [3.63, 3.8) is 0 Å². The number of carbonyl (C=O) groups is 1. The Bertz CT molecular complexity index is 1030. The van der Waals surface area contributed by atoms with Crippen LogP contribution in [0, 0.1) is 6.92 Å². The molecule has 0 radical (unpaired) electrons. The van der Waals surface area contributed by atoms with Crippen molar-refractivity contribution < 1.29 is 22.7 Å². The van der Waals surface area contributed by atoms with E-state index in [1.54, 1.807) is 11.0 Å². The van der Waals surface area contributed by atoms with Crippen molar-refractivity contribution in [3.8, 4) is 11.5 Å². The summed E-state index contributed by atoms with van der Waals surface area (Å²) < 4.78 is 34.0. The number of sulfone groups is 1. The van der Waals surface area contributed by atoms with Crippen LogP contribution in [0.25, 0.3) is 0 Å². The van der Waals surface area contributed by atoms with Crippen molar-refractivity contribution in [1.82, 2.24) is 0 Å². The summed E-state index contributed by atoms with van der Waals surface area (Å²) in [7, 11) is -3.06. The zero-order valence-corrected chi connectivity index (χ0v) is 18.2. The molecule has 1 aliphatic heterocycles. The predicted molar refractivity (Wildman–Crippen MR) is 116 cm³/mol. The van der Waals surface area contributed by atoms with E-state index in [1.165, 1.54) is 24.7 Å². The molecule has 30 heavy (non-hydrogen) atoms. The molecule has 0 aromatic heterocycles. The number of amides is 1. The van der Waals surface area contributed by atoms with E-state index in [2.05, 4.69) is 12.1 Å². The van der Waals surface area contributed by atoms with Crippen molar-refractivity contribution in [2.75, 3.05) is 30.1 Å². The van der Waals surface area contributed by atoms with Crippen molar-refractivity contribution in [3.05, 3.63) is 53.6 Å². The number of hydrogen-bond donors (Lipinski definition) is 0. The molecule has 0 bridgehead atoms. The highest BCUT2D eigenvalue weighted by Gasteiger charge is 2.34. The molecule has 1 unspecified atom stereocenters. The van der Waals surface area contributed by atoms with Gasteiger partial charge >= 0.3 is 0 Å². The minimum atomic E-state index is -3.06. The third-order valence-electron chi connectivity index (χ3n) is 5.55. The SMILES string of the molecule is Cc1cc(N2CCC(Oc3ccc(C4CC4)cc3)C2=O)ccc1OCCS(C)(=O)=O. The van der Waals surface area contributed by atoms with Gasteiger partial charge in [0, 0.05) is 24.9 Å². The first-order valence-corrected chi connectivity index (χ1v) is 12.4. The quantitative estimate of drug-likeness (QED) is 0.642. The summed E-state index contributed by atoms with van der Waals surface area (Å²) in [6, 6.07) is 13.6. The van der Waals surface area contributed by atoms with Gasteiger partial charge in [-0.25, -0.2) is 8.42 Å². The summed E-state index contributed by atoms with van der Waals surface area (Å²) in [6.45, 7) is 2.59. The van der Waals surface area contributed by atoms with E-state index in [9.17, 15) is 13.2 Å². The number of carbonyl (C=O) groups excluding carboxylic acids is 1. The van der Waals surface area contributed by atoms with Gasteiger partial charge in [0.25, 0.3) is 5.91 Å². The van der Waals surface area contributed by atoms with Crippen molar-refractivity contribution in [2.45, 2.75) is 38.2 Å². The molecule has 0 spiro atoms. The fourth-order valence-electron chi connectivity index (χ4n) is 3.69. The van der Waals surface area contributed by atoms with Crippen molar-refractivity contribution in [1.29, 1.82) is 0 Å². The maximum atomic E-state index is 12.9. The largest absolute Gasteiger partial charge is 0.492 e. The standard InChI is InChI=1S/C23H27NO5S/c1-16-15-19(7-10-21(16)28-13-14-30(2,26)27)24-12-11-22(23(24)25)29-20-8-5-18(6-9-20)17-3-4-17/h5-10,15,17,22H,3-4,11-14H2,1-2H3. The number of rotatable bonds is 8. The van der Waals surface area contributed by atoms with E-state index in [4.69, 9.17) is 9.47 Å². The Morgan fingerprint density at radius 3 is 2.43 bits per heavy atom. The van der Waals surface area contributed by atoms with Gasteiger partial charge in [0.2, 0.25) is 0 Å². The molecular weight excluding hydrogens is 402 g/mol. The zero-order valence-electron chi connectivity index (χ0n) is 17.3. The summed E-state index contributed by atoms with van der Waals surface area (Å²) in [6.07, 6.45) is 3.86. The smallest absolute Gasteiger partial charge is 0.268 e. The van der Waals surface area contributed by atoms with Crippen LogP contribution >= 0.6 is 0 Å². The predicted octanol–water partition coefficient (Wildman–Crippen LogP) is 3.48. The third kappa shape index (κ3) is 4.95. The highest BCUT2D eigenvalue weighted by molar-refractivity contribution is 7.90. The Hall–Kier alpha value is -2.54. The highest BCUT2D eigenvalue weighted by Crippen LogP contribution is 2.40. The van der Waals surface area contributed by atoms with Gasteiger partial charge in [0.15, 0.2) is 15.9 Å². The fraction of sp³-hybridized carbons (Fsp3) is 0.435. The van der Waals surface area contributed by atoms with Gasteiger partial charge in [0.1, 0.15) is 18.1 Å². The number of hydrogen-bond acceptors (Lipinski definition) is 5. The number of benzene rings is 2. The zero-order chi connectivity index (χ0) is 21.3. The van der Waals surface area contributed by atoms with Crippen LogP contribution in [0.2, 0.25) is 0 Å². The fourth-order valence-corrected chi connectivity index (χ4v) is 4.07. The van der Waals surface area contributed by atoms with Gasteiger partial charge in [-0.15, -0.1) is 0 Å². The maximum Gasteiger partial charge on any atom is 0.268 e. The van der Waals surface area contributed by atoms with Gasteiger partial charge in [0.05, 0.1) is 5.75 Å². The van der Waals surface area contributed by atoms with Gasteiger partial charge in [-0.1, -0.05) is 12.1 Å². The summed E-state index contributed by atoms with van der Waals surface area (Å²) in [5, 5.41) is 0. The second kappa shape index (κ2) is 8.30. The first-order valence-electron chi connectivity index (χ1n) is 10.3. The normalized spacial score (nSPS) is 19.2. The summed E-state index contributed by atoms with van der Waals surface area (Å²) >= 11 is 0. The minimum absolute atomic E-state index is 0.0283. The topological polar surface area (TPSA) is 72.9 Å². The lowest BCUT2D eigenvalue weighted by molar-refractivity contribution is -0.122. The minimum Gasteiger partial charge on any atom is -0.492 e. The summed E-state index contributed by atoms with van der Waals surface area (Å²) in [5.74, 6) is 1.97. The molecule has 160 valence electrons. The molecule has 1 saturated heterocycles. The van der Waals surface area contributed by atoms with Crippen LogP contribution in [0.15, 0.2) is 42.5 Å². The highest BCUT2D eigenvalue weighted by atomic mass is 32.2. The van der Waals surface area contributed by atoms with E-state index >= 15 is 0 Å². The molecule has 1 saturated carbocycles. The first-order chi connectivity index (χ1) is 14.3. The van der Waals surface area contributed by atoms with E-state index in [0.717, 1.165) is 17.0 Å². The molecule has 2 aromatic rings. The molecule has 2 aliphatic rings. The van der Waals surface area contributed by atoms with Gasteiger partial charge in [-0.05, 0) is 67.1 Å². The Kier molecular flexibility index (Phi) is 5.73. The van der Waals surface area contributed by atoms with E-state index in [1.807, 2.05) is 31.2 Å². The maximum absolute atomic E-state index is 12.9. The second-order valence-electron chi connectivity index (χ2n) is 8.16. The van der Waals surface area contributed by atoms with Crippen LogP contribution in [0.5, 0.6) is 11.5 Å². The monoisotopic (exact) mass is 429 g/mol. The molecule has 1 amide bonds. The van der Waals surface area contributed by atoms with Gasteiger partial charge in [-0.3, -0.25) is 4.79 Å². The molecule has 2 fully saturated rings. The van der Waals surface area contributed by atoms with E-state index in [-0.39, 0.29) is 18.3 Å². The van der Waals surface area contributed by atoms with Crippen LogP contribution < -0.4 is 14.4 Å². The number of anilines is 1. The lowest BCUT2D eigenvalue weighted by Gasteiger charge is -2.19. The van der Waals surface area contributed by atoms with E-state index in [0.29, 0.717) is 24.6 Å². The van der Waals surface area contributed by atoms with Crippen molar-refractivity contribution in [2.24, 2.45) is 0 Å². The molecule has 4 rings (SSSR count). The Balaban J connectivity index is 1.37. The lowest BCUT2D eigenvalue weighted by atomic mass is 10.1. The molecule has 6 nitrogen and oxygen atoms in total. The number of ether oxygens (including phenoxy) is 2. The number of nitrogens with zero attached hydrogens (tertiary/aromatic N) is 1. The van der Waals surface area contributed by atoms with Crippen LogP contribution in [-0.2, 0) is 14.6 Å². The third-order valence-corrected chi connectivity index (χ3v) is 6.45. The lowest BCUT2D eigenvalue weighted by Crippen LogP contribution is -2.32. The molecule has 2 aromatic carbocycles. The van der Waals surface area contributed by atoms with E-state index < -0.39 is 15.9 Å². The molecule has 1 atom stereocenters.